The number of hydrogen-bond acceptors (Lipinski definition) is 8. The van der Waals surface area contributed by atoms with Crippen LogP contribution in [-0.4, -0.2) is 59.1 Å². The summed E-state index contributed by atoms with van der Waals surface area (Å²) in [4.78, 5) is 10.8. The number of aliphatic hydroxyl groups is 1. The Morgan fingerprint density at radius 3 is 2.68 bits per heavy atom. The van der Waals surface area contributed by atoms with Crippen molar-refractivity contribution in [3.8, 4) is 10.6 Å². The molecule has 0 saturated carbocycles. The number of hydrogen-bond donors (Lipinski definition) is 2. The van der Waals surface area contributed by atoms with Crippen molar-refractivity contribution in [3.05, 3.63) is 29.3 Å². The smallest absolute Gasteiger partial charge is 0.298 e. The molecule has 0 radical (unpaired) electrons. The van der Waals surface area contributed by atoms with Crippen LogP contribution in [0.25, 0.3) is 21.7 Å². The number of benzene rings is 1. The molecule has 2 unspecified atom stereocenters. The highest BCUT2D eigenvalue weighted by atomic mass is 32.1. The number of piperazine rings is 1. The summed E-state index contributed by atoms with van der Waals surface area (Å²) < 4.78 is 41.5. The van der Waals surface area contributed by atoms with Crippen molar-refractivity contribution in [2.45, 2.75) is 43.9 Å². The van der Waals surface area contributed by atoms with Crippen molar-refractivity contribution in [1.29, 1.82) is 0 Å². The van der Waals surface area contributed by atoms with E-state index in [2.05, 4.69) is 15.3 Å². The maximum absolute atomic E-state index is 15.1. The highest BCUT2D eigenvalue weighted by molar-refractivity contribution is 7.13. The van der Waals surface area contributed by atoms with Crippen LogP contribution in [0.15, 0.2) is 28.1 Å². The topological polar surface area (TPSA) is 83.7 Å². The molecule has 5 heterocycles. The quantitative estimate of drug-likeness (QED) is 0.571. The number of nitrogens with zero attached hydrogens (tertiary/aromatic N) is 3. The molecule has 31 heavy (non-hydrogen) atoms. The number of fused-ring (bicyclic) bond motifs is 3. The molecule has 2 aromatic heterocycles. The third-order valence-electron chi connectivity index (χ3n) is 5.52. The molecule has 6 rings (SSSR count). The lowest BCUT2D eigenvalue weighted by molar-refractivity contribution is -0.110. The van der Waals surface area contributed by atoms with Gasteiger partial charge in [-0.1, -0.05) is 0 Å². The van der Waals surface area contributed by atoms with Crippen LogP contribution in [0.1, 0.15) is 25.8 Å². The SMILES string of the molecule is CC(C)(O)COCC(F)(F)c1ccc(-c2nccs2)c2oc(N3CC4CC(C3)N4)nc12. The summed E-state index contributed by atoms with van der Waals surface area (Å²) in [7, 11) is 0. The fourth-order valence-electron chi connectivity index (χ4n) is 4.13. The second-order valence-electron chi connectivity index (χ2n) is 8.88. The van der Waals surface area contributed by atoms with E-state index in [4.69, 9.17) is 9.15 Å². The van der Waals surface area contributed by atoms with Crippen LogP contribution >= 0.6 is 11.3 Å². The molecule has 3 saturated heterocycles. The molecule has 7 nitrogen and oxygen atoms in total. The van der Waals surface area contributed by atoms with Crippen molar-refractivity contribution in [1.82, 2.24) is 15.3 Å². The maximum Gasteiger partial charge on any atom is 0.298 e. The molecule has 2 bridgehead atoms. The molecule has 3 aliphatic heterocycles. The van der Waals surface area contributed by atoms with Crippen LogP contribution in [0, 0.1) is 0 Å². The predicted octanol–water partition coefficient (Wildman–Crippen LogP) is 3.38. The van der Waals surface area contributed by atoms with Gasteiger partial charge in [0, 0.05) is 36.8 Å². The van der Waals surface area contributed by atoms with Gasteiger partial charge >= 0.3 is 0 Å². The first-order chi connectivity index (χ1) is 14.7. The molecule has 10 heteroatoms. The normalized spacial score (nSPS) is 21.5. The van der Waals surface area contributed by atoms with Gasteiger partial charge in [0.15, 0.2) is 5.58 Å². The number of alkyl halides is 2. The Labute approximate surface area is 182 Å². The van der Waals surface area contributed by atoms with Crippen LogP contribution in [0.3, 0.4) is 0 Å². The standard InChI is InChI=1S/C21H24F2N4O3S/c1-20(2,28)10-29-11-21(22,23)15-4-3-14(18-24-5-6-31-18)17-16(15)26-19(30-17)27-8-12-7-13(9-27)25-12/h3-6,12-13,25,28H,7-11H2,1-2H3. The Bertz CT molecular complexity index is 1060. The van der Waals surface area contributed by atoms with Crippen LogP contribution in [-0.2, 0) is 10.7 Å². The predicted molar refractivity (Wildman–Crippen MR) is 114 cm³/mol. The van der Waals surface area contributed by atoms with Crippen molar-refractivity contribution in [2.24, 2.45) is 0 Å². The van der Waals surface area contributed by atoms with Gasteiger partial charge in [0.2, 0.25) is 0 Å². The van der Waals surface area contributed by atoms with Crippen molar-refractivity contribution < 1.29 is 23.0 Å². The number of piperidine rings is 1. The fourth-order valence-corrected chi connectivity index (χ4v) is 4.79. The summed E-state index contributed by atoms with van der Waals surface area (Å²) in [5.41, 5.74) is -0.386. The monoisotopic (exact) mass is 450 g/mol. The second kappa shape index (κ2) is 7.47. The maximum atomic E-state index is 15.1. The van der Waals surface area contributed by atoms with Gasteiger partial charge in [-0.15, -0.1) is 11.3 Å². The zero-order valence-electron chi connectivity index (χ0n) is 17.3. The van der Waals surface area contributed by atoms with E-state index >= 15 is 8.78 Å². The Morgan fingerprint density at radius 1 is 1.29 bits per heavy atom. The average Bonchev–Trinajstić information content (AvgIpc) is 3.35. The summed E-state index contributed by atoms with van der Waals surface area (Å²) >= 11 is 1.41. The van der Waals surface area contributed by atoms with E-state index < -0.39 is 18.1 Å². The number of ether oxygens (including phenoxy) is 1. The lowest BCUT2D eigenvalue weighted by Crippen LogP contribution is -2.67. The lowest BCUT2D eigenvalue weighted by Gasteiger charge is -2.47. The van der Waals surface area contributed by atoms with E-state index in [1.165, 1.54) is 31.3 Å². The third kappa shape index (κ3) is 4.05. The Kier molecular flexibility index (Phi) is 5.00. The number of rotatable bonds is 7. The minimum Gasteiger partial charge on any atom is -0.423 e. The Balaban J connectivity index is 1.53. The summed E-state index contributed by atoms with van der Waals surface area (Å²) in [5, 5.41) is 15.7. The highest BCUT2D eigenvalue weighted by Gasteiger charge is 2.40. The zero-order valence-corrected chi connectivity index (χ0v) is 18.1. The number of anilines is 1. The van der Waals surface area contributed by atoms with Gasteiger partial charge in [-0.05, 0) is 32.4 Å². The molecule has 0 aliphatic carbocycles. The van der Waals surface area contributed by atoms with Crippen molar-refractivity contribution in [3.63, 3.8) is 0 Å². The molecule has 2 atom stereocenters. The van der Waals surface area contributed by atoms with Gasteiger partial charge in [-0.25, -0.2) is 4.98 Å². The Hall–Kier alpha value is -2.14. The minimum atomic E-state index is -3.30. The lowest BCUT2D eigenvalue weighted by atomic mass is 9.92. The molecular weight excluding hydrogens is 426 g/mol. The van der Waals surface area contributed by atoms with Crippen LogP contribution < -0.4 is 10.2 Å². The molecule has 0 spiro atoms. The number of aromatic nitrogens is 2. The average molecular weight is 451 g/mol. The highest BCUT2D eigenvalue weighted by Crippen LogP contribution is 2.41. The first-order valence-electron chi connectivity index (χ1n) is 10.2. The van der Waals surface area contributed by atoms with Gasteiger partial charge < -0.3 is 24.5 Å². The summed E-state index contributed by atoms with van der Waals surface area (Å²) in [6, 6.07) is 4.08. The number of oxazole rings is 1. The first kappa shape index (κ1) is 20.7. The molecule has 2 N–H and O–H groups in total. The molecule has 3 aliphatic rings. The Morgan fingerprint density at radius 2 is 2.03 bits per heavy atom. The summed E-state index contributed by atoms with van der Waals surface area (Å²) in [6.07, 6.45) is 2.78. The van der Waals surface area contributed by atoms with E-state index in [1.54, 1.807) is 12.3 Å². The van der Waals surface area contributed by atoms with Gasteiger partial charge in [-0.3, -0.25) is 0 Å². The zero-order chi connectivity index (χ0) is 21.8. The first-order valence-corrected chi connectivity index (χ1v) is 11.1. The van der Waals surface area contributed by atoms with E-state index in [-0.39, 0.29) is 17.7 Å². The largest absolute Gasteiger partial charge is 0.423 e. The molecule has 1 aromatic carbocycles. The van der Waals surface area contributed by atoms with Crippen molar-refractivity contribution >= 4 is 28.5 Å². The molecule has 3 fully saturated rings. The van der Waals surface area contributed by atoms with Crippen molar-refractivity contribution in [2.75, 3.05) is 31.2 Å². The minimum absolute atomic E-state index is 0.117. The third-order valence-corrected chi connectivity index (χ3v) is 6.33. The molecular formula is C21H24F2N4O3S. The molecule has 3 aromatic rings. The van der Waals surface area contributed by atoms with E-state index in [0.29, 0.717) is 34.3 Å². The van der Waals surface area contributed by atoms with Gasteiger partial charge in [0.25, 0.3) is 11.9 Å². The van der Waals surface area contributed by atoms with E-state index in [0.717, 1.165) is 19.5 Å². The van der Waals surface area contributed by atoms with Crippen LogP contribution in [0.2, 0.25) is 0 Å². The van der Waals surface area contributed by atoms with E-state index in [1.807, 2.05) is 10.3 Å². The molecule has 166 valence electrons. The molecule has 0 amide bonds. The fraction of sp³-hybridized carbons (Fsp3) is 0.524. The van der Waals surface area contributed by atoms with E-state index in [9.17, 15) is 5.11 Å². The van der Waals surface area contributed by atoms with Crippen LogP contribution in [0.5, 0.6) is 0 Å². The van der Waals surface area contributed by atoms with Gasteiger partial charge in [0.05, 0.1) is 23.3 Å². The number of halogens is 2. The number of nitrogens with one attached hydrogen (secondary N) is 1. The number of thiazole rings is 1. The summed E-state index contributed by atoms with van der Waals surface area (Å²) in [6.45, 7) is 3.42. The van der Waals surface area contributed by atoms with Gasteiger partial charge in [-0.2, -0.15) is 13.8 Å². The van der Waals surface area contributed by atoms with Crippen LogP contribution in [0.4, 0.5) is 14.8 Å². The van der Waals surface area contributed by atoms with Gasteiger partial charge in [0.1, 0.15) is 17.1 Å². The summed E-state index contributed by atoms with van der Waals surface area (Å²) in [5.74, 6) is -3.30. The second-order valence-corrected chi connectivity index (χ2v) is 9.78.